The first-order valence-corrected chi connectivity index (χ1v) is 12.8. The fraction of sp³-hybridized carbons (Fsp3) is 0.407. The van der Waals surface area contributed by atoms with Gasteiger partial charge in [0.2, 0.25) is 5.91 Å². The lowest BCUT2D eigenvalue weighted by atomic mass is 10.0. The summed E-state index contributed by atoms with van der Waals surface area (Å²) in [4.78, 5) is 26.1. The number of aromatic nitrogens is 3. The molecule has 0 atom stereocenters. The number of aromatic amines is 1. The molecule has 4 heterocycles. The predicted molar refractivity (Wildman–Crippen MR) is 140 cm³/mol. The second-order valence-electron chi connectivity index (χ2n) is 9.79. The van der Waals surface area contributed by atoms with E-state index in [4.69, 9.17) is 9.84 Å². The molecule has 2 aliphatic heterocycles. The lowest BCUT2D eigenvalue weighted by Gasteiger charge is -2.37. The van der Waals surface area contributed by atoms with Crippen molar-refractivity contribution in [2.24, 2.45) is 11.0 Å². The number of amides is 1. The molecule has 0 spiro atoms. The Balaban J connectivity index is 1.22. The van der Waals surface area contributed by atoms with Crippen LogP contribution >= 0.6 is 0 Å². The maximum Gasteiger partial charge on any atom is 0.245 e. The summed E-state index contributed by atoms with van der Waals surface area (Å²) < 4.78 is 6.02. The van der Waals surface area contributed by atoms with Gasteiger partial charge in [0, 0.05) is 30.5 Å². The number of carbonyl (C=O) groups is 1. The van der Waals surface area contributed by atoms with Crippen LogP contribution < -0.4 is 15.1 Å². The quantitative estimate of drug-likeness (QED) is 0.505. The highest BCUT2D eigenvalue weighted by Crippen LogP contribution is 2.35. The number of anilines is 2. The van der Waals surface area contributed by atoms with Crippen molar-refractivity contribution in [2.75, 3.05) is 30.0 Å². The number of carbonyl (C=O) groups excluding carboxylic acids is 1. The molecule has 2 fully saturated rings. The molecule has 1 amide bonds. The monoisotopic (exact) mass is 485 g/mol. The zero-order valence-electron chi connectivity index (χ0n) is 20.3. The van der Waals surface area contributed by atoms with Gasteiger partial charge in [-0.2, -0.15) is 5.10 Å². The summed E-state index contributed by atoms with van der Waals surface area (Å²) in [5.41, 5.74) is 2.66. The molecular formula is C27H31N7O2. The summed E-state index contributed by atoms with van der Waals surface area (Å²) in [5.74, 6) is 3.10. The maximum absolute atomic E-state index is 12.0. The minimum Gasteiger partial charge on any atom is -0.493 e. The molecule has 36 heavy (non-hydrogen) atoms. The van der Waals surface area contributed by atoms with E-state index in [2.05, 4.69) is 26.8 Å². The smallest absolute Gasteiger partial charge is 0.245 e. The Morgan fingerprint density at radius 2 is 1.92 bits per heavy atom. The van der Waals surface area contributed by atoms with E-state index >= 15 is 0 Å². The van der Waals surface area contributed by atoms with Crippen molar-refractivity contribution in [3.8, 4) is 5.75 Å². The number of rotatable bonds is 6. The Kier molecular flexibility index (Phi) is 6.04. The van der Waals surface area contributed by atoms with Gasteiger partial charge in [0.05, 0.1) is 18.0 Å². The van der Waals surface area contributed by atoms with Crippen molar-refractivity contribution in [2.45, 2.75) is 44.6 Å². The van der Waals surface area contributed by atoms with E-state index in [9.17, 15) is 4.79 Å². The van der Waals surface area contributed by atoms with E-state index in [1.54, 1.807) is 6.33 Å². The van der Waals surface area contributed by atoms with E-state index in [1.807, 2.05) is 40.4 Å². The molecule has 9 heteroatoms. The Labute approximate surface area is 210 Å². The van der Waals surface area contributed by atoms with Gasteiger partial charge in [0.15, 0.2) is 11.7 Å². The predicted octanol–water partition coefficient (Wildman–Crippen LogP) is 4.30. The number of likely N-dealkylation sites (tertiary alicyclic amines) is 1. The van der Waals surface area contributed by atoms with Crippen molar-refractivity contribution < 1.29 is 9.53 Å². The van der Waals surface area contributed by atoms with Gasteiger partial charge >= 0.3 is 0 Å². The topological polar surface area (TPSA) is 98.7 Å². The normalized spacial score (nSPS) is 18.4. The highest BCUT2D eigenvalue weighted by molar-refractivity contribution is 6.19. The van der Waals surface area contributed by atoms with Crippen molar-refractivity contribution in [3.63, 3.8) is 0 Å². The van der Waals surface area contributed by atoms with Crippen molar-refractivity contribution >= 4 is 34.3 Å². The Hall–Kier alpha value is -3.88. The standard InChI is InChI=1S/C27H31N7O2/c1-2-23(35)33-13-11-20(12-14-33)34-27-24-22(15-28-26(24)29-17-30-27)25(32-34)31-19-7-9-21(10-8-19)36-16-18-5-3-4-6-18/h2,7-10,15,17-18,20H,1,3-6,11-14,16H2,(H,31,32)(H,28,29,30). The van der Waals surface area contributed by atoms with Crippen LogP contribution in [0.3, 0.4) is 0 Å². The molecule has 0 bridgehead atoms. The van der Waals surface area contributed by atoms with Gasteiger partial charge in [-0.1, -0.05) is 19.4 Å². The molecule has 186 valence electrons. The highest BCUT2D eigenvalue weighted by Gasteiger charge is 2.32. The first-order chi connectivity index (χ1) is 17.7. The third kappa shape index (κ3) is 4.29. The molecule has 3 aliphatic rings. The number of H-pyrrole nitrogens is 1. The molecule has 3 aromatic rings. The third-order valence-corrected chi connectivity index (χ3v) is 7.50. The van der Waals surface area contributed by atoms with Gasteiger partial charge in [-0.05, 0) is 61.9 Å². The van der Waals surface area contributed by atoms with Crippen LogP contribution in [0, 0.1) is 5.92 Å². The van der Waals surface area contributed by atoms with Crippen LogP contribution in [-0.2, 0) is 4.79 Å². The van der Waals surface area contributed by atoms with Crippen LogP contribution in [-0.4, -0.2) is 57.3 Å². The number of benzene rings is 1. The largest absolute Gasteiger partial charge is 0.493 e. The summed E-state index contributed by atoms with van der Waals surface area (Å²) in [6.07, 6.45) is 11.7. The number of amidine groups is 1. The zero-order chi connectivity index (χ0) is 24.5. The molecule has 0 unspecified atom stereocenters. The Morgan fingerprint density at radius 1 is 1.14 bits per heavy atom. The summed E-state index contributed by atoms with van der Waals surface area (Å²) >= 11 is 0. The van der Waals surface area contributed by atoms with Gasteiger partial charge < -0.3 is 19.9 Å². The van der Waals surface area contributed by atoms with Crippen molar-refractivity contribution in [3.05, 3.63) is 55.0 Å². The number of piperidine rings is 1. The average molecular weight is 486 g/mol. The second kappa shape index (κ2) is 9.64. The van der Waals surface area contributed by atoms with E-state index in [1.165, 1.54) is 31.8 Å². The van der Waals surface area contributed by atoms with Crippen LogP contribution in [0.5, 0.6) is 5.75 Å². The molecule has 1 saturated heterocycles. The SMILES string of the molecule is C=CC(=O)N1CCC(N2N=C(Nc3ccc(OCC4CCCC4)cc3)c3c[nH]c4ncnc2c34)CC1. The molecule has 1 saturated carbocycles. The van der Waals surface area contributed by atoms with E-state index in [0.29, 0.717) is 19.0 Å². The second-order valence-corrected chi connectivity index (χ2v) is 9.79. The summed E-state index contributed by atoms with van der Waals surface area (Å²) in [7, 11) is 0. The fourth-order valence-electron chi connectivity index (χ4n) is 5.49. The van der Waals surface area contributed by atoms with Gasteiger partial charge in [0.25, 0.3) is 0 Å². The van der Waals surface area contributed by atoms with Gasteiger partial charge in [-0.25, -0.2) is 15.0 Å². The molecule has 1 aliphatic carbocycles. The molecular weight excluding hydrogens is 454 g/mol. The van der Waals surface area contributed by atoms with Crippen LogP contribution in [0.4, 0.5) is 11.5 Å². The first-order valence-electron chi connectivity index (χ1n) is 12.8. The highest BCUT2D eigenvalue weighted by atomic mass is 16.5. The number of hydrazone groups is 1. The molecule has 1 aromatic carbocycles. The molecule has 9 nitrogen and oxygen atoms in total. The lowest BCUT2D eigenvalue weighted by Crippen LogP contribution is -2.46. The minimum absolute atomic E-state index is 0.0223. The number of hydrogen-bond donors (Lipinski definition) is 2. The molecule has 0 radical (unpaired) electrons. The van der Waals surface area contributed by atoms with Gasteiger partial charge in [-0.15, -0.1) is 0 Å². The van der Waals surface area contributed by atoms with Crippen molar-refractivity contribution in [1.82, 2.24) is 19.9 Å². The van der Waals surface area contributed by atoms with Crippen molar-refractivity contribution in [1.29, 1.82) is 0 Å². The van der Waals surface area contributed by atoms with Gasteiger partial charge in [0.1, 0.15) is 17.7 Å². The van der Waals surface area contributed by atoms with Crippen LogP contribution in [0.15, 0.2) is 54.5 Å². The number of nitrogens with one attached hydrogen (secondary N) is 2. The fourth-order valence-corrected chi connectivity index (χ4v) is 5.49. The van der Waals surface area contributed by atoms with Crippen LogP contribution in [0.25, 0.3) is 11.0 Å². The first kappa shape index (κ1) is 22.6. The number of hydrogen-bond acceptors (Lipinski definition) is 7. The maximum atomic E-state index is 12.0. The third-order valence-electron chi connectivity index (χ3n) is 7.50. The summed E-state index contributed by atoms with van der Waals surface area (Å²) in [5, 5.41) is 11.5. The van der Waals surface area contributed by atoms with Crippen LogP contribution in [0.1, 0.15) is 44.1 Å². The Morgan fingerprint density at radius 3 is 2.67 bits per heavy atom. The number of nitrogens with zero attached hydrogens (tertiary/aromatic N) is 5. The lowest BCUT2D eigenvalue weighted by molar-refractivity contribution is -0.127. The zero-order valence-corrected chi connectivity index (χ0v) is 20.3. The molecule has 2 aromatic heterocycles. The summed E-state index contributed by atoms with van der Waals surface area (Å²) in [6, 6.07) is 8.19. The molecule has 2 N–H and O–H groups in total. The van der Waals surface area contributed by atoms with Gasteiger partial charge in [-0.3, -0.25) is 4.79 Å². The summed E-state index contributed by atoms with van der Waals surface area (Å²) in [6.45, 7) is 5.74. The Bertz CT molecular complexity index is 1290. The van der Waals surface area contributed by atoms with E-state index in [-0.39, 0.29) is 11.9 Å². The minimum atomic E-state index is -0.0223. The van der Waals surface area contributed by atoms with E-state index < -0.39 is 0 Å². The van der Waals surface area contributed by atoms with E-state index in [0.717, 1.165) is 59.1 Å². The average Bonchev–Trinajstić information content (AvgIpc) is 3.61. The molecule has 6 rings (SSSR count). The number of ether oxygens (including phenoxy) is 1. The van der Waals surface area contributed by atoms with Crippen LogP contribution in [0.2, 0.25) is 0 Å².